The summed E-state index contributed by atoms with van der Waals surface area (Å²) < 4.78 is 0. The second-order valence-electron chi connectivity index (χ2n) is 3.35. The Morgan fingerprint density at radius 1 is 1.50 bits per heavy atom. The first-order valence-corrected chi connectivity index (χ1v) is 4.55. The summed E-state index contributed by atoms with van der Waals surface area (Å²) in [5.41, 5.74) is 8.20. The van der Waals surface area contributed by atoms with Crippen LogP contribution in [0.4, 0.5) is 0 Å². The fourth-order valence-corrected chi connectivity index (χ4v) is 1.72. The summed E-state index contributed by atoms with van der Waals surface area (Å²) in [5, 5.41) is 8.72. The van der Waals surface area contributed by atoms with E-state index in [4.69, 9.17) is 5.11 Å². The Morgan fingerprint density at radius 2 is 2.29 bits per heavy atom. The number of aliphatic carboxylic acids is 1. The van der Waals surface area contributed by atoms with E-state index in [0.717, 1.165) is 17.7 Å². The van der Waals surface area contributed by atoms with Crippen molar-refractivity contribution in [1.82, 2.24) is 10.9 Å². The second-order valence-corrected chi connectivity index (χ2v) is 3.35. The quantitative estimate of drug-likeness (QED) is 0.649. The zero-order chi connectivity index (χ0) is 9.97. The van der Waals surface area contributed by atoms with Crippen molar-refractivity contribution >= 4 is 5.97 Å². The number of carboxylic acid groups (broad SMARTS) is 1. The van der Waals surface area contributed by atoms with Crippen LogP contribution in [0.2, 0.25) is 0 Å². The zero-order valence-corrected chi connectivity index (χ0v) is 7.66. The number of nitrogens with one attached hydrogen (secondary N) is 2. The summed E-state index contributed by atoms with van der Waals surface area (Å²) in [7, 11) is 0. The molecule has 1 atom stereocenters. The van der Waals surface area contributed by atoms with Gasteiger partial charge in [-0.1, -0.05) is 24.3 Å². The van der Waals surface area contributed by atoms with E-state index in [0.29, 0.717) is 0 Å². The Kier molecular flexibility index (Phi) is 2.47. The van der Waals surface area contributed by atoms with E-state index in [2.05, 4.69) is 10.9 Å². The number of fused-ring (bicyclic) bond motifs is 1. The standard InChI is InChI=1S/C10H12N2O2/c13-10(14)5-9-8-4-2-1-3-7(8)6-11-12-9/h1-4,9,11-12H,5-6H2,(H,13,14). The van der Waals surface area contributed by atoms with E-state index in [1.54, 1.807) is 0 Å². The molecule has 1 unspecified atom stereocenters. The predicted octanol–water partition coefficient (Wildman–Crippen LogP) is 0.810. The van der Waals surface area contributed by atoms with Crippen LogP contribution in [-0.4, -0.2) is 11.1 Å². The second kappa shape index (κ2) is 3.77. The summed E-state index contributed by atoms with van der Waals surface area (Å²) in [4.78, 5) is 10.6. The van der Waals surface area contributed by atoms with Crippen LogP contribution in [-0.2, 0) is 11.3 Å². The lowest BCUT2D eigenvalue weighted by molar-refractivity contribution is -0.137. The van der Waals surface area contributed by atoms with Gasteiger partial charge in [-0.3, -0.25) is 10.2 Å². The van der Waals surface area contributed by atoms with Gasteiger partial charge in [-0.25, -0.2) is 5.43 Å². The maximum Gasteiger partial charge on any atom is 0.305 e. The van der Waals surface area contributed by atoms with Crippen molar-refractivity contribution in [3.05, 3.63) is 35.4 Å². The minimum Gasteiger partial charge on any atom is -0.481 e. The molecule has 1 aliphatic heterocycles. The SMILES string of the molecule is O=C(O)CC1NNCc2ccccc21. The molecule has 0 saturated carbocycles. The normalized spacial score (nSPS) is 20.1. The highest BCUT2D eigenvalue weighted by Gasteiger charge is 2.20. The highest BCUT2D eigenvalue weighted by Crippen LogP contribution is 2.23. The molecule has 3 N–H and O–H groups in total. The van der Waals surface area contributed by atoms with Gasteiger partial charge in [-0.15, -0.1) is 0 Å². The molecule has 4 nitrogen and oxygen atoms in total. The number of benzene rings is 1. The van der Waals surface area contributed by atoms with Crippen molar-refractivity contribution in [3.63, 3.8) is 0 Å². The number of hydrazine groups is 1. The van der Waals surface area contributed by atoms with E-state index in [-0.39, 0.29) is 12.5 Å². The van der Waals surface area contributed by atoms with Gasteiger partial charge in [0.25, 0.3) is 0 Å². The Morgan fingerprint density at radius 3 is 3.07 bits per heavy atom. The number of hydrogen-bond donors (Lipinski definition) is 3. The van der Waals surface area contributed by atoms with Gasteiger partial charge in [0.15, 0.2) is 0 Å². The van der Waals surface area contributed by atoms with E-state index < -0.39 is 5.97 Å². The van der Waals surface area contributed by atoms with E-state index in [9.17, 15) is 4.79 Å². The predicted molar refractivity (Wildman–Crippen MR) is 51.4 cm³/mol. The molecule has 74 valence electrons. The molecule has 1 heterocycles. The first-order chi connectivity index (χ1) is 6.77. The summed E-state index contributed by atoms with van der Waals surface area (Å²) in [6, 6.07) is 7.75. The summed E-state index contributed by atoms with van der Waals surface area (Å²) in [6.07, 6.45) is 0.101. The molecule has 14 heavy (non-hydrogen) atoms. The minimum atomic E-state index is -0.791. The Balaban J connectivity index is 2.26. The zero-order valence-electron chi connectivity index (χ0n) is 7.66. The molecule has 1 aromatic carbocycles. The first-order valence-electron chi connectivity index (χ1n) is 4.55. The largest absolute Gasteiger partial charge is 0.481 e. The maximum atomic E-state index is 10.6. The Labute approximate surface area is 81.9 Å². The van der Waals surface area contributed by atoms with Crippen molar-refractivity contribution in [1.29, 1.82) is 0 Å². The highest BCUT2D eigenvalue weighted by molar-refractivity contribution is 5.68. The molecule has 0 aliphatic carbocycles. The van der Waals surface area contributed by atoms with Crippen LogP contribution in [0.15, 0.2) is 24.3 Å². The van der Waals surface area contributed by atoms with E-state index in [1.165, 1.54) is 0 Å². The highest BCUT2D eigenvalue weighted by atomic mass is 16.4. The van der Waals surface area contributed by atoms with Crippen LogP contribution in [0.5, 0.6) is 0 Å². The molecule has 2 rings (SSSR count). The monoisotopic (exact) mass is 192 g/mol. The van der Waals surface area contributed by atoms with Crippen LogP contribution >= 0.6 is 0 Å². The molecule has 4 heteroatoms. The lowest BCUT2D eigenvalue weighted by Gasteiger charge is -2.26. The van der Waals surface area contributed by atoms with Crippen molar-refractivity contribution in [2.45, 2.75) is 19.0 Å². The maximum absolute atomic E-state index is 10.6. The van der Waals surface area contributed by atoms with Gasteiger partial charge in [0.05, 0.1) is 12.5 Å². The molecule has 0 fully saturated rings. The molecule has 0 radical (unpaired) electrons. The number of carboxylic acids is 1. The van der Waals surface area contributed by atoms with Gasteiger partial charge in [0, 0.05) is 6.54 Å². The first kappa shape index (κ1) is 9.18. The average Bonchev–Trinajstić information content (AvgIpc) is 2.18. The van der Waals surface area contributed by atoms with Crippen LogP contribution < -0.4 is 10.9 Å². The third-order valence-electron chi connectivity index (χ3n) is 2.36. The van der Waals surface area contributed by atoms with Crippen LogP contribution in [0.1, 0.15) is 23.6 Å². The van der Waals surface area contributed by atoms with Gasteiger partial charge >= 0.3 is 5.97 Å². The summed E-state index contributed by atoms with van der Waals surface area (Å²) >= 11 is 0. The van der Waals surface area contributed by atoms with Gasteiger partial charge in [-0.2, -0.15) is 0 Å². The molecule has 0 amide bonds. The number of rotatable bonds is 2. The van der Waals surface area contributed by atoms with Crippen LogP contribution in [0, 0.1) is 0 Å². The van der Waals surface area contributed by atoms with Crippen molar-refractivity contribution in [2.24, 2.45) is 0 Å². The lowest BCUT2D eigenvalue weighted by Crippen LogP contribution is -2.40. The topological polar surface area (TPSA) is 61.4 Å². The van der Waals surface area contributed by atoms with Crippen molar-refractivity contribution in [2.75, 3.05) is 0 Å². The summed E-state index contributed by atoms with van der Waals surface area (Å²) in [6.45, 7) is 0.742. The van der Waals surface area contributed by atoms with Crippen LogP contribution in [0.25, 0.3) is 0 Å². The van der Waals surface area contributed by atoms with E-state index in [1.807, 2.05) is 24.3 Å². The third kappa shape index (κ3) is 1.76. The van der Waals surface area contributed by atoms with Gasteiger partial charge < -0.3 is 5.11 Å². The fraction of sp³-hybridized carbons (Fsp3) is 0.300. The minimum absolute atomic E-state index is 0.101. The van der Waals surface area contributed by atoms with Crippen LogP contribution in [0.3, 0.4) is 0 Å². The van der Waals surface area contributed by atoms with Gasteiger partial charge in [0.2, 0.25) is 0 Å². The Hall–Kier alpha value is -1.39. The Bertz CT molecular complexity index is 352. The summed E-state index contributed by atoms with van der Waals surface area (Å²) in [5.74, 6) is -0.791. The number of hydrogen-bond acceptors (Lipinski definition) is 3. The molecule has 0 aromatic heterocycles. The fourth-order valence-electron chi connectivity index (χ4n) is 1.72. The molecular weight excluding hydrogens is 180 g/mol. The molecule has 0 spiro atoms. The van der Waals surface area contributed by atoms with Gasteiger partial charge in [0.1, 0.15) is 0 Å². The molecule has 0 bridgehead atoms. The van der Waals surface area contributed by atoms with Crippen molar-refractivity contribution < 1.29 is 9.90 Å². The third-order valence-corrected chi connectivity index (χ3v) is 2.36. The molecule has 1 aromatic rings. The number of carbonyl (C=O) groups is 1. The van der Waals surface area contributed by atoms with Crippen molar-refractivity contribution in [3.8, 4) is 0 Å². The smallest absolute Gasteiger partial charge is 0.305 e. The van der Waals surface area contributed by atoms with E-state index >= 15 is 0 Å². The van der Waals surface area contributed by atoms with Gasteiger partial charge in [-0.05, 0) is 11.1 Å². The lowest BCUT2D eigenvalue weighted by atomic mass is 9.97. The molecular formula is C10H12N2O2. The molecule has 1 aliphatic rings. The molecule has 0 saturated heterocycles. The average molecular weight is 192 g/mol.